The Morgan fingerprint density at radius 1 is 1.40 bits per heavy atom. The fourth-order valence-electron chi connectivity index (χ4n) is 0.840. The SMILES string of the molecule is CC(C)(N)C(C)(C)c1nc(C(=O)O)no1. The van der Waals surface area contributed by atoms with Crippen molar-refractivity contribution in [1.82, 2.24) is 10.1 Å². The van der Waals surface area contributed by atoms with Gasteiger partial charge in [-0.25, -0.2) is 4.79 Å². The van der Waals surface area contributed by atoms with Crippen molar-refractivity contribution in [1.29, 1.82) is 0 Å². The molecule has 6 heteroatoms. The summed E-state index contributed by atoms with van der Waals surface area (Å²) in [7, 11) is 0. The fourth-order valence-corrected chi connectivity index (χ4v) is 0.840. The van der Waals surface area contributed by atoms with Crippen molar-refractivity contribution in [3.63, 3.8) is 0 Å². The summed E-state index contributed by atoms with van der Waals surface area (Å²) < 4.78 is 4.90. The van der Waals surface area contributed by atoms with Crippen LogP contribution in [0.3, 0.4) is 0 Å². The van der Waals surface area contributed by atoms with Gasteiger partial charge in [-0.1, -0.05) is 0 Å². The number of nitrogens with two attached hydrogens (primary N) is 1. The minimum atomic E-state index is -1.21. The molecule has 0 atom stereocenters. The second-order valence-corrected chi connectivity index (χ2v) is 4.57. The van der Waals surface area contributed by atoms with E-state index < -0.39 is 16.9 Å². The van der Waals surface area contributed by atoms with Crippen molar-refractivity contribution >= 4 is 5.97 Å². The Labute approximate surface area is 87.5 Å². The first-order chi connectivity index (χ1) is 6.66. The molecule has 84 valence electrons. The molecule has 0 aliphatic rings. The third-order valence-corrected chi connectivity index (χ3v) is 2.76. The van der Waals surface area contributed by atoms with Gasteiger partial charge in [-0.3, -0.25) is 0 Å². The summed E-state index contributed by atoms with van der Waals surface area (Å²) in [6.45, 7) is 7.29. The standard InChI is InChI=1S/C9H15N3O3/c1-8(2,9(3,4)10)7-11-5(6(13)14)12-15-7/h10H2,1-4H3,(H,13,14). The molecule has 1 heterocycles. The molecule has 0 spiro atoms. The van der Waals surface area contributed by atoms with Gasteiger partial charge in [-0.2, -0.15) is 4.98 Å². The molecule has 15 heavy (non-hydrogen) atoms. The minimum absolute atomic E-state index is 0.229. The molecule has 1 rings (SSSR count). The molecule has 0 saturated carbocycles. The lowest BCUT2D eigenvalue weighted by molar-refractivity contribution is 0.0680. The van der Waals surface area contributed by atoms with Gasteiger partial charge in [0.1, 0.15) is 0 Å². The van der Waals surface area contributed by atoms with Crippen LogP contribution in [-0.4, -0.2) is 26.8 Å². The van der Waals surface area contributed by atoms with E-state index in [0.717, 1.165) is 0 Å². The van der Waals surface area contributed by atoms with Crippen LogP contribution >= 0.6 is 0 Å². The lowest BCUT2D eigenvalue weighted by atomic mass is 9.75. The quantitative estimate of drug-likeness (QED) is 0.769. The fraction of sp³-hybridized carbons (Fsp3) is 0.667. The Bertz CT molecular complexity index is 376. The molecule has 0 unspecified atom stereocenters. The zero-order chi connectivity index (χ0) is 11.9. The van der Waals surface area contributed by atoms with E-state index in [1.54, 1.807) is 0 Å². The van der Waals surface area contributed by atoms with Gasteiger partial charge in [0.15, 0.2) is 0 Å². The molecule has 3 N–H and O–H groups in total. The maximum atomic E-state index is 10.6. The van der Waals surface area contributed by atoms with E-state index in [4.69, 9.17) is 15.4 Å². The van der Waals surface area contributed by atoms with Crippen LogP contribution in [0.25, 0.3) is 0 Å². The van der Waals surface area contributed by atoms with E-state index in [1.165, 1.54) is 0 Å². The van der Waals surface area contributed by atoms with Crippen LogP contribution in [0.1, 0.15) is 44.2 Å². The summed E-state index contributed by atoms with van der Waals surface area (Å²) in [6, 6.07) is 0. The molecule has 0 fully saturated rings. The Hall–Kier alpha value is -1.43. The van der Waals surface area contributed by atoms with E-state index in [0.29, 0.717) is 0 Å². The first-order valence-electron chi connectivity index (χ1n) is 4.52. The second-order valence-electron chi connectivity index (χ2n) is 4.57. The predicted octanol–water partition coefficient (Wildman–Crippen LogP) is 0.783. The molecule has 6 nitrogen and oxygen atoms in total. The molecule has 0 bridgehead atoms. The third-order valence-electron chi connectivity index (χ3n) is 2.76. The van der Waals surface area contributed by atoms with Gasteiger partial charge in [0.05, 0.1) is 5.41 Å². The van der Waals surface area contributed by atoms with Crippen molar-refractivity contribution in [3.8, 4) is 0 Å². The lowest BCUT2D eigenvalue weighted by Gasteiger charge is -2.34. The number of carboxylic acids is 1. The van der Waals surface area contributed by atoms with E-state index in [-0.39, 0.29) is 11.7 Å². The second kappa shape index (κ2) is 3.30. The zero-order valence-corrected chi connectivity index (χ0v) is 9.24. The number of nitrogens with zero attached hydrogens (tertiary/aromatic N) is 2. The van der Waals surface area contributed by atoms with Crippen LogP contribution in [0.5, 0.6) is 0 Å². The largest absolute Gasteiger partial charge is 0.475 e. The molecule has 0 aliphatic carbocycles. The molecule has 0 amide bonds. The van der Waals surface area contributed by atoms with Gasteiger partial charge in [-0.05, 0) is 32.9 Å². The summed E-state index contributed by atoms with van der Waals surface area (Å²) in [5.74, 6) is -1.33. The highest BCUT2D eigenvalue weighted by Crippen LogP contribution is 2.31. The van der Waals surface area contributed by atoms with Gasteiger partial charge in [0.25, 0.3) is 5.82 Å². The molecule has 0 aliphatic heterocycles. The van der Waals surface area contributed by atoms with Gasteiger partial charge in [0.2, 0.25) is 5.89 Å². The van der Waals surface area contributed by atoms with Gasteiger partial charge in [0, 0.05) is 5.54 Å². The number of rotatable bonds is 3. The van der Waals surface area contributed by atoms with Gasteiger partial charge in [-0.15, -0.1) is 0 Å². The summed E-state index contributed by atoms with van der Waals surface area (Å²) in [6.07, 6.45) is 0. The highest BCUT2D eigenvalue weighted by atomic mass is 16.5. The van der Waals surface area contributed by atoms with E-state index in [9.17, 15) is 4.79 Å². The number of hydrogen-bond acceptors (Lipinski definition) is 5. The Balaban J connectivity index is 3.11. The normalized spacial score (nSPS) is 12.9. The molecular formula is C9H15N3O3. The van der Waals surface area contributed by atoms with Crippen molar-refractivity contribution in [3.05, 3.63) is 11.7 Å². The average molecular weight is 213 g/mol. The predicted molar refractivity (Wildman–Crippen MR) is 52.5 cm³/mol. The maximum absolute atomic E-state index is 10.6. The van der Waals surface area contributed by atoms with Crippen molar-refractivity contribution in [2.75, 3.05) is 0 Å². The van der Waals surface area contributed by atoms with Gasteiger partial charge >= 0.3 is 5.97 Å². The molecule has 0 saturated heterocycles. The third kappa shape index (κ3) is 1.99. The van der Waals surface area contributed by atoms with Crippen molar-refractivity contribution in [2.45, 2.75) is 38.6 Å². The molecular weight excluding hydrogens is 198 g/mol. The smallest absolute Gasteiger partial charge is 0.377 e. The van der Waals surface area contributed by atoms with Crippen LogP contribution in [-0.2, 0) is 5.41 Å². The van der Waals surface area contributed by atoms with Crippen LogP contribution in [0.4, 0.5) is 0 Å². The van der Waals surface area contributed by atoms with Crippen LogP contribution in [0.15, 0.2) is 4.52 Å². The summed E-state index contributed by atoms with van der Waals surface area (Å²) in [5.41, 5.74) is 4.78. The van der Waals surface area contributed by atoms with Crippen LogP contribution in [0, 0.1) is 0 Å². The van der Waals surface area contributed by atoms with Crippen LogP contribution in [0.2, 0.25) is 0 Å². The minimum Gasteiger partial charge on any atom is -0.475 e. The number of aromatic nitrogens is 2. The Morgan fingerprint density at radius 3 is 2.27 bits per heavy atom. The number of carboxylic acid groups (broad SMARTS) is 1. The first kappa shape index (κ1) is 11.6. The summed E-state index contributed by atoms with van der Waals surface area (Å²) in [4.78, 5) is 14.4. The van der Waals surface area contributed by atoms with Gasteiger partial charge < -0.3 is 15.4 Å². The van der Waals surface area contributed by atoms with E-state index >= 15 is 0 Å². The lowest BCUT2D eigenvalue weighted by Crippen LogP contribution is -2.50. The highest BCUT2D eigenvalue weighted by molar-refractivity contribution is 5.82. The number of aromatic carboxylic acids is 1. The van der Waals surface area contributed by atoms with Crippen molar-refractivity contribution in [2.24, 2.45) is 5.73 Å². The molecule has 1 aromatic heterocycles. The molecule has 0 aromatic carbocycles. The van der Waals surface area contributed by atoms with E-state index in [1.807, 2.05) is 27.7 Å². The number of carbonyl (C=O) groups is 1. The summed E-state index contributed by atoms with van der Waals surface area (Å²) >= 11 is 0. The average Bonchev–Trinajstić information content (AvgIpc) is 2.49. The highest BCUT2D eigenvalue weighted by Gasteiger charge is 2.40. The monoisotopic (exact) mass is 213 g/mol. The first-order valence-corrected chi connectivity index (χ1v) is 4.52. The molecule has 1 aromatic rings. The maximum Gasteiger partial charge on any atom is 0.377 e. The van der Waals surface area contributed by atoms with E-state index in [2.05, 4.69) is 10.1 Å². The number of hydrogen-bond donors (Lipinski definition) is 2. The van der Waals surface area contributed by atoms with Crippen LogP contribution < -0.4 is 5.73 Å². The Kier molecular flexibility index (Phi) is 2.56. The zero-order valence-electron chi connectivity index (χ0n) is 9.24. The molecule has 0 radical (unpaired) electrons. The Morgan fingerprint density at radius 2 is 1.93 bits per heavy atom. The summed E-state index contributed by atoms with van der Waals surface area (Å²) in [5, 5.41) is 12.0. The topological polar surface area (TPSA) is 102 Å². The van der Waals surface area contributed by atoms with Crippen molar-refractivity contribution < 1.29 is 14.4 Å².